The Morgan fingerprint density at radius 1 is 1.38 bits per heavy atom. The minimum atomic E-state index is -0.0554. The SMILES string of the molecule is COc1ccccc1NC(=O)CN(C)CCC(N)C(C)C. The predicted octanol–water partition coefficient (Wildman–Crippen LogP) is 1.94. The fourth-order valence-electron chi connectivity index (χ4n) is 1.96. The first kappa shape index (κ1) is 17.5. The van der Waals surface area contributed by atoms with Crippen LogP contribution in [0.2, 0.25) is 0 Å². The van der Waals surface area contributed by atoms with E-state index in [1.807, 2.05) is 36.2 Å². The number of carbonyl (C=O) groups is 1. The summed E-state index contributed by atoms with van der Waals surface area (Å²) in [5, 5.41) is 2.87. The number of hydrogen-bond donors (Lipinski definition) is 2. The van der Waals surface area contributed by atoms with Gasteiger partial charge < -0.3 is 15.8 Å². The predicted molar refractivity (Wildman–Crippen MR) is 86.6 cm³/mol. The van der Waals surface area contributed by atoms with E-state index in [0.717, 1.165) is 13.0 Å². The van der Waals surface area contributed by atoms with Crippen LogP contribution in [0.1, 0.15) is 20.3 Å². The zero-order valence-corrected chi connectivity index (χ0v) is 13.4. The summed E-state index contributed by atoms with van der Waals surface area (Å²) in [5.74, 6) is 1.07. The molecule has 118 valence electrons. The Hall–Kier alpha value is -1.59. The van der Waals surface area contributed by atoms with E-state index in [1.54, 1.807) is 7.11 Å². The van der Waals surface area contributed by atoms with Gasteiger partial charge in [-0.05, 0) is 38.1 Å². The van der Waals surface area contributed by atoms with Crippen molar-refractivity contribution in [2.75, 3.05) is 32.6 Å². The molecule has 0 saturated carbocycles. The van der Waals surface area contributed by atoms with E-state index in [-0.39, 0.29) is 11.9 Å². The number of amides is 1. The van der Waals surface area contributed by atoms with Gasteiger partial charge in [-0.15, -0.1) is 0 Å². The van der Waals surface area contributed by atoms with Gasteiger partial charge in [-0.25, -0.2) is 0 Å². The number of rotatable bonds is 8. The summed E-state index contributed by atoms with van der Waals surface area (Å²) in [6, 6.07) is 7.55. The molecule has 1 amide bonds. The Labute approximate surface area is 127 Å². The normalized spacial score (nSPS) is 12.5. The number of carbonyl (C=O) groups excluding carboxylic acids is 1. The number of likely N-dealkylation sites (N-methyl/N-ethyl adjacent to an activating group) is 1. The molecule has 0 aliphatic carbocycles. The van der Waals surface area contributed by atoms with E-state index in [1.165, 1.54) is 0 Å². The van der Waals surface area contributed by atoms with Crippen molar-refractivity contribution < 1.29 is 9.53 Å². The second kappa shape index (κ2) is 8.64. The maximum absolute atomic E-state index is 12.0. The highest BCUT2D eigenvalue weighted by Gasteiger charge is 2.12. The van der Waals surface area contributed by atoms with E-state index in [2.05, 4.69) is 19.2 Å². The third-order valence-electron chi connectivity index (χ3n) is 3.50. The fraction of sp³-hybridized carbons (Fsp3) is 0.562. The first-order valence-electron chi connectivity index (χ1n) is 7.31. The lowest BCUT2D eigenvalue weighted by Crippen LogP contribution is -2.35. The van der Waals surface area contributed by atoms with Crippen molar-refractivity contribution in [3.05, 3.63) is 24.3 Å². The highest BCUT2D eigenvalue weighted by Crippen LogP contribution is 2.22. The van der Waals surface area contributed by atoms with Gasteiger partial charge in [0.2, 0.25) is 5.91 Å². The second-order valence-electron chi connectivity index (χ2n) is 5.68. The molecule has 5 nitrogen and oxygen atoms in total. The number of benzene rings is 1. The van der Waals surface area contributed by atoms with E-state index in [9.17, 15) is 4.79 Å². The van der Waals surface area contributed by atoms with Crippen LogP contribution in [0.4, 0.5) is 5.69 Å². The Balaban J connectivity index is 2.42. The molecule has 1 atom stereocenters. The van der Waals surface area contributed by atoms with Crippen LogP contribution in [0, 0.1) is 5.92 Å². The molecule has 1 aromatic rings. The zero-order chi connectivity index (χ0) is 15.8. The molecular weight excluding hydrogens is 266 g/mol. The van der Waals surface area contributed by atoms with Crippen LogP contribution < -0.4 is 15.8 Å². The van der Waals surface area contributed by atoms with Crippen LogP contribution in [0.3, 0.4) is 0 Å². The third kappa shape index (κ3) is 6.14. The monoisotopic (exact) mass is 293 g/mol. The molecule has 5 heteroatoms. The zero-order valence-electron chi connectivity index (χ0n) is 13.4. The van der Waals surface area contributed by atoms with E-state index >= 15 is 0 Å². The van der Waals surface area contributed by atoms with Crippen molar-refractivity contribution in [2.45, 2.75) is 26.3 Å². The van der Waals surface area contributed by atoms with Gasteiger partial charge in [0.25, 0.3) is 0 Å². The number of para-hydroxylation sites is 2. The lowest BCUT2D eigenvalue weighted by Gasteiger charge is -2.21. The smallest absolute Gasteiger partial charge is 0.238 e. The maximum Gasteiger partial charge on any atom is 0.238 e. The molecule has 0 spiro atoms. The van der Waals surface area contributed by atoms with Gasteiger partial charge in [0.05, 0.1) is 19.3 Å². The molecule has 0 fully saturated rings. The third-order valence-corrected chi connectivity index (χ3v) is 3.50. The number of ether oxygens (including phenoxy) is 1. The second-order valence-corrected chi connectivity index (χ2v) is 5.68. The standard InChI is InChI=1S/C16H27N3O2/c1-12(2)13(17)9-10-19(3)11-16(20)18-14-7-5-6-8-15(14)21-4/h5-8,12-13H,9-11,17H2,1-4H3,(H,18,20). The average molecular weight is 293 g/mol. The van der Waals surface area contributed by atoms with Crippen LogP contribution in [-0.2, 0) is 4.79 Å². The van der Waals surface area contributed by atoms with Gasteiger partial charge in [-0.1, -0.05) is 26.0 Å². The van der Waals surface area contributed by atoms with Crippen LogP contribution in [-0.4, -0.2) is 44.1 Å². The fourth-order valence-corrected chi connectivity index (χ4v) is 1.96. The number of nitrogens with two attached hydrogens (primary N) is 1. The Morgan fingerprint density at radius 3 is 2.67 bits per heavy atom. The maximum atomic E-state index is 12.0. The lowest BCUT2D eigenvalue weighted by molar-refractivity contribution is -0.117. The van der Waals surface area contributed by atoms with Gasteiger partial charge in [-0.2, -0.15) is 0 Å². The molecule has 0 radical (unpaired) electrons. The van der Waals surface area contributed by atoms with Crippen LogP contribution >= 0.6 is 0 Å². The van der Waals surface area contributed by atoms with Crippen molar-refractivity contribution in [3.63, 3.8) is 0 Å². The molecule has 1 aromatic carbocycles. The molecule has 1 rings (SSSR count). The highest BCUT2D eigenvalue weighted by atomic mass is 16.5. The van der Waals surface area contributed by atoms with E-state index < -0.39 is 0 Å². The summed E-state index contributed by atoms with van der Waals surface area (Å²) < 4.78 is 5.21. The molecule has 0 bridgehead atoms. The molecule has 21 heavy (non-hydrogen) atoms. The van der Waals surface area contributed by atoms with Gasteiger partial charge in [0.1, 0.15) is 5.75 Å². The van der Waals surface area contributed by atoms with Crippen molar-refractivity contribution in [1.29, 1.82) is 0 Å². The minimum Gasteiger partial charge on any atom is -0.495 e. The summed E-state index contributed by atoms with van der Waals surface area (Å²) in [6.07, 6.45) is 0.885. The Morgan fingerprint density at radius 2 is 2.05 bits per heavy atom. The molecule has 0 aromatic heterocycles. The van der Waals surface area contributed by atoms with Gasteiger partial charge in [0.15, 0.2) is 0 Å². The average Bonchev–Trinajstić information content (AvgIpc) is 2.45. The van der Waals surface area contributed by atoms with Crippen molar-refractivity contribution in [1.82, 2.24) is 4.90 Å². The molecule has 0 heterocycles. The molecule has 0 saturated heterocycles. The largest absolute Gasteiger partial charge is 0.495 e. The van der Waals surface area contributed by atoms with Crippen molar-refractivity contribution in [3.8, 4) is 5.75 Å². The summed E-state index contributed by atoms with van der Waals surface area (Å²) in [7, 11) is 3.51. The number of methoxy groups -OCH3 is 1. The number of nitrogens with one attached hydrogen (secondary N) is 1. The summed E-state index contributed by atoms with van der Waals surface area (Å²) >= 11 is 0. The van der Waals surface area contributed by atoms with Crippen molar-refractivity contribution >= 4 is 11.6 Å². The quantitative estimate of drug-likeness (QED) is 0.768. The lowest BCUT2D eigenvalue weighted by atomic mass is 10.0. The van der Waals surface area contributed by atoms with Gasteiger partial charge in [0, 0.05) is 6.04 Å². The Bertz CT molecular complexity index is 449. The van der Waals surface area contributed by atoms with Crippen LogP contribution in [0.5, 0.6) is 5.75 Å². The summed E-state index contributed by atoms with van der Waals surface area (Å²) in [5.41, 5.74) is 6.71. The molecule has 0 aliphatic heterocycles. The summed E-state index contributed by atoms with van der Waals surface area (Å²) in [6.45, 7) is 5.36. The first-order chi connectivity index (χ1) is 9.93. The minimum absolute atomic E-state index is 0.0554. The molecular formula is C16H27N3O2. The van der Waals surface area contributed by atoms with E-state index in [4.69, 9.17) is 10.5 Å². The number of anilines is 1. The molecule has 1 unspecified atom stereocenters. The number of nitrogens with zero attached hydrogens (tertiary/aromatic N) is 1. The van der Waals surface area contributed by atoms with Gasteiger partial charge in [-0.3, -0.25) is 9.69 Å². The molecule has 0 aliphatic rings. The highest BCUT2D eigenvalue weighted by molar-refractivity contribution is 5.93. The summed E-state index contributed by atoms with van der Waals surface area (Å²) in [4.78, 5) is 14.0. The van der Waals surface area contributed by atoms with E-state index in [0.29, 0.717) is 23.9 Å². The first-order valence-corrected chi connectivity index (χ1v) is 7.31. The van der Waals surface area contributed by atoms with Crippen LogP contribution in [0.25, 0.3) is 0 Å². The molecule has 3 N–H and O–H groups in total. The Kier molecular flexibility index (Phi) is 7.19. The van der Waals surface area contributed by atoms with Crippen molar-refractivity contribution in [2.24, 2.45) is 11.7 Å². The van der Waals surface area contributed by atoms with Gasteiger partial charge >= 0.3 is 0 Å². The van der Waals surface area contributed by atoms with Crippen LogP contribution in [0.15, 0.2) is 24.3 Å². The topological polar surface area (TPSA) is 67.6 Å². The number of hydrogen-bond acceptors (Lipinski definition) is 4.